The Balaban J connectivity index is 4.09. The van der Waals surface area contributed by atoms with Crippen molar-refractivity contribution >= 4 is 17.7 Å². The average Bonchev–Trinajstić information content (AvgIpc) is 2.16. The zero-order valence-corrected chi connectivity index (χ0v) is 9.23. The first kappa shape index (κ1) is 14.6. The van der Waals surface area contributed by atoms with Crippen LogP contribution in [0, 0.1) is 0 Å². The Bertz CT molecular complexity index is 264. The van der Waals surface area contributed by atoms with Gasteiger partial charge in [-0.1, -0.05) is 6.92 Å². The SMILES string of the molecule is CCCC(=O)CC(=O)N[C@H](CCO)C(=O)O. The van der Waals surface area contributed by atoms with Crippen LogP contribution in [0.4, 0.5) is 0 Å². The normalized spacial score (nSPS) is 11.9. The quantitative estimate of drug-likeness (QED) is 0.497. The first-order valence-corrected chi connectivity index (χ1v) is 5.16. The van der Waals surface area contributed by atoms with E-state index < -0.39 is 17.9 Å². The van der Waals surface area contributed by atoms with Gasteiger partial charge in [0.2, 0.25) is 5.91 Å². The zero-order chi connectivity index (χ0) is 12.6. The van der Waals surface area contributed by atoms with E-state index in [1.165, 1.54) is 0 Å². The molecule has 0 saturated carbocycles. The summed E-state index contributed by atoms with van der Waals surface area (Å²) in [7, 11) is 0. The van der Waals surface area contributed by atoms with Gasteiger partial charge < -0.3 is 15.5 Å². The van der Waals surface area contributed by atoms with E-state index in [1.54, 1.807) is 0 Å². The van der Waals surface area contributed by atoms with Gasteiger partial charge in [0.15, 0.2) is 0 Å². The molecule has 0 aromatic carbocycles. The molecular weight excluding hydrogens is 214 g/mol. The third-order valence-corrected chi connectivity index (χ3v) is 1.94. The van der Waals surface area contributed by atoms with Gasteiger partial charge in [-0.15, -0.1) is 0 Å². The van der Waals surface area contributed by atoms with Gasteiger partial charge >= 0.3 is 5.97 Å². The van der Waals surface area contributed by atoms with Crippen LogP contribution < -0.4 is 5.32 Å². The molecule has 0 rings (SSSR count). The van der Waals surface area contributed by atoms with E-state index in [0.29, 0.717) is 12.8 Å². The summed E-state index contributed by atoms with van der Waals surface area (Å²) in [4.78, 5) is 33.0. The standard InChI is InChI=1S/C10H17NO5/c1-2-3-7(13)6-9(14)11-8(4-5-12)10(15)16/h8,12H,2-6H2,1H3,(H,11,14)(H,15,16)/t8-/m1/s1. The van der Waals surface area contributed by atoms with Gasteiger partial charge in [0, 0.05) is 19.4 Å². The van der Waals surface area contributed by atoms with Crippen molar-refractivity contribution in [2.45, 2.75) is 38.6 Å². The Morgan fingerprint density at radius 1 is 1.31 bits per heavy atom. The van der Waals surface area contributed by atoms with Crippen LogP contribution in [-0.4, -0.2) is 40.5 Å². The average molecular weight is 231 g/mol. The minimum absolute atomic E-state index is 0.0664. The van der Waals surface area contributed by atoms with Crippen molar-refractivity contribution in [3.8, 4) is 0 Å². The third-order valence-electron chi connectivity index (χ3n) is 1.94. The minimum Gasteiger partial charge on any atom is -0.480 e. The van der Waals surface area contributed by atoms with E-state index in [0.717, 1.165) is 0 Å². The molecule has 92 valence electrons. The highest BCUT2D eigenvalue weighted by atomic mass is 16.4. The molecule has 0 aliphatic carbocycles. The maximum absolute atomic E-state index is 11.2. The van der Waals surface area contributed by atoms with Gasteiger partial charge in [0.1, 0.15) is 11.8 Å². The van der Waals surface area contributed by atoms with E-state index in [2.05, 4.69) is 5.32 Å². The summed E-state index contributed by atoms with van der Waals surface area (Å²) >= 11 is 0. The summed E-state index contributed by atoms with van der Waals surface area (Å²) in [6.45, 7) is 1.49. The second-order valence-corrected chi connectivity index (χ2v) is 3.44. The Hall–Kier alpha value is -1.43. The van der Waals surface area contributed by atoms with Crippen molar-refractivity contribution in [3.63, 3.8) is 0 Å². The fraction of sp³-hybridized carbons (Fsp3) is 0.700. The third kappa shape index (κ3) is 6.13. The largest absolute Gasteiger partial charge is 0.480 e. The van der Waals surface area contributed by atoms with Crippen LogP contribution in [0.1, 0.15) is 32.6 Å². The molecule has 0 heterocycles. The van der Waals surface area contributed by atoms with Gasteiger partial charge in [-0.3, -0.25) is 9.59 Å². The van der Waals surface area contributed by atoms with Crippen molar-refractivity contribution in [1.29, 1.82) is 0 Å². The Morgan fingerprint density at radius 3 is 2.38 bits per heavy atom. The van der Waals surface area contributed by atoms with Crippen LogP contribution in [0.25, 0.3) is 0 Å². The summed E-state index contributed by atoms with van der Waals surface area (Å²) in [5, 5.41) is 19.5. The highest BCUT2D eigenvalue weighted by Crippen LogP contribution is 1.97. The van der Waals surface area contributed by atoms with Gasteiger partial charge in [0.25, 0.3) is 0 Å². The molecule has 6 nitrogen and oxygen atoms in total. The lowest BCUT2D eigenvalue weighted by Gasteiger charge is -2.12. The second kappa shape index (κ2) is 7.81. The predicted octanol–water partition coefficient (Wildman–Crippen LogP) is -0.302. The van der Waals surface area contributed by atoms with Crippen LogP contribution in [0.5, 0.6) is 0 Å². The molecule has 0 radical (unpaired) electrons. The molecule has 6 heteroatoms. The van der Waals surface area contributed by atoms with E-state index in [-0.39, 0.29) is 25.2 Å². The number of nitrogens with one attached hydrogen (secondary N) is 1. The number of carbonyl (C=O) groups is 3. The van der Waals surface area contributed by atoms with Gasteiger partial charge in [-0.25, -0.2) is 4.79 Å². The highest BCUT2D eigenvalue weighted by molar-refractivity contribution is 5.99. The lowest BCUT2D eigenvalue weighted by molar-refractivity contribution is -0.143. The molecule has 0 aromatic rings. The number of aliphatic carboxylic acids is 1. The maximum Gasteiger partial charge on any atom is 0.326 e. The first-order chi connectivity index (χ1) is 7.51. The number of rotatable bonds is 8. The molecule has 16 heavy (non-hydrogen) atoms. The number of hydrogen-bond acceptors (Lipinski definition) is 4. The number of ketones is 1. The summed E-state index contributed by atoms with van der Waals surface area (Å²) in [6.07, 6.45) is 0.600. The summed E-state index contributed by atoms with van der Waals surface area (Å²) < 4.78 is 0. The number of hydrogen-bond donors (Lipinski definition) is 3. The van der Waals surface area contributed by atoms with E-state index in [4.69, 9.17) is 10.2 Å². The minimum atomic E-state index is -1.22. The van der Waals surface area contributed by atoms with Gasteiger partial charge in [-0.2, -0.15) is 0 Å². The van der Waals surface area contributed by atoms with Crippen LogP contribution in [0.15, 0.2) is 0 Å². The highest BCUT2D eigenvalue weighted by Gasteiger charge is 2.20. The molecule has 1 amide bonds. The van der Waals surface area contributed by atoms with E-state index in [1.807, 2.05) is 6.92 Å². The Labute approximate surface area is 93.6 Å². The molecule has 0 aliphatic heterocycles. The molecule has 0 aliphatic rings. The lowest BCUT2D eigenvalue weighted by atomic mass is 10.1. The van der Waals surface area contributed by atoms with Gasteiger partial charge in [-0.05, 0) is 6.42 Å². The Kier molecular flexibility index (Phi) is 7.11. The smallest absolute Gasteiger partial charge is 0.326 e. The predicted molar refractivity (Wildman–Crippen MR) is 55.8 cm³/mol. The molecule has 0 unspecified atom stereocenters. The van der Waals surface area contributed by atoms with E-state index in [9.17, 15) is 14.4 Å². The second-order valence-electron chi connectivity index (χ2n) is 3.44. The maximum atomic E-state index is 11.2. The van der Waals surface area contributed by atoms with E-state index >= 15 is 0 Å². The number of carboxylic acids is 1. The van der Waals surface area contributed by atoms with Crippen LogP contribution in [0.3, 0.4) is 0 Å². The Morgan fingerprint density at radius 2 is 1.94 bits per heavy atom. The lowest BCUT2D eigenvalue weighted by Crippen LogP contribution is -2.42. The number of Topliss-reactive ketones (excluding diaryl/α,β-unsaturated/α-hetero) is 1. The van der Waals surface area contributed by atoms with Crippen LogP contribution >= 0.6 is 0 Å². The monoisotopic (exact) mass is 231 g/mol. The van der Waals surface area contributed by atoms with Gasteiger partial charge in [0.05, 0.1) is 6.42 Å². The topological polar surface area (TPSA) is 104 Å². The number of carboxylic acid groups (broad SMARTS) is 1. The summed E-state index contributed by atoms with van der Waals surface area (Å²) in [6, 6.07) is -1.13. The first-order valence-electron chi connectivity index (χ1n) is 5.16. The molecule has 0 saturated heterocycles. The molecule has 3 N–H and O–H groups in total. The number of aliphatic hydroxyl groups excluding tert-OH is 1. The number of amides is 1. The van der Waals surface area contributed by atoms with Crippen molar-refractivity contribution in [3.05, 3.63) is 0 Å². The molecule has 0 aromatic heterocycles. The van der Waals surface area contributed by atoms with Crippen molar-refractivity contribution in [2.75, 3.05) is 6.61 Å². The number of carbonyl (C=O) groups excluding carboxylic acids is 2. The van der Waals surface area contributed by atoms with Crippen LogP contribution in [-0.2, 0) is 14.4 Å². The van der Waals surface area contributed by atoms with Crippen molar-refractivity contribution < 1.29 is 24.6 Å². The molecule has 0 spiro atoms. The number of aliphatic hydroxyl groups is 1. The summed E-state index contributed by atoms with van der Waals surface area (Å²) in [5.41, 5.74) is 0. The molecule has 0 fully saturated rings. The van der Waals surface area contributed by atoms with Crippen molar-refractivity contribution in [1.82, 2.24) is 5.32 Å². The fourth-order valence-corrected chi connectivity index (χ4v) is 1.18. The summed E-state index contributed by atoms with van der Waals surface area (Å²) in [5.74, 6) is -2.04. The molecule has 0 bridgehead atoms. The molecule has 1 atom stereocenters. The zero-order valence-electron chi connectivity index (χ0n) is 9.23. The molecular formula is C10H17NO5. The van der Waals surface area contributed by atoms with Crippen LogP contribution in [0.2, 0.25) is 0 Å². The van der Waals surface area contributed by atoms with Crippen molar-refractivity contribution in [2.24, 2.45) is 0 Å². The fourth-order valence-electron chi connectivity index (χ4n) is 1.18.